The third kappa shape index (κ3) is 4.54. The Kier molecular flexibility index (Phi) is 6.27. The molecule has 9 heteroatoms. The molecule has 0 bridgehead atoms. The summed E-state index contributed by atoms with van der Waals surface area (Å²) in [5.41, 5.74) is -0.806. The predicted octanol–water partition coefficient (Wildman–Crippen LogP) is 3.69. The molecular formula is C21H19F4N3O2. The second-order valence-corrected chi connectivity index (χ2v) is 6.90. The quantitative estimate of drug-likeness (QED) is 0.707. The Morgan fingerprint density at radius 1 is 1.20 bits per heavy atom. The van der Waals surface area contributed by atoms with Crippen molar-refractivity contribution in [3.8, 4) is 6.07 Å². The van der Waals surface area contributed by atoms with Crippen molar-refractivity contribution in [1.82, 2.24) is 4.90 Å². The lowest BCUT2D eigenvalue weighted by Gasteiger charge is -2.42. The molecule has 0 aliphatic carbocycles. The number of ether oxygens (including phenoxy) is 1. The van der Waals surface area contributed by atoms with Gasteiger partial charge in [-0.05, 0) is 42.5 Å². The number of rotatable bonds is 4. The topological polar surface area (TPSA) is 56.6 Å². The minimum Gasteiger partial charge on any atom is -0.382 e. The molecule has 5 nitrogen and oxygen atoms in total. The molecule has 1 aliphatic heterocycles. The highest BCUT2D eigenvalue weighted by atomic mass is 19.4. The van der Waals surface area contributed by atoms with Crippen LogP contribution in [0.15, 0.2) is 42.5 Å². The van der Waals surface area contributed by atoms with Crippen molar-refractivity contribution < 1.29 is 27.1 Å². The van der Waals surface area contributed by atoms with E-state index >= 15 is 0 Å². The molecular weight excluding hydrogens is 402 g/mol. The highest BCUT2D eigenvalue weighted by Gasteiger charge is 2.36. The summed E-state index contributed by atoms with van der Waals surface area (Å²) >= 11 is 0. The van der Waals surface area contributed by atoms with Gasteiger partial charge in [0.05, 0.1) is 29.8 Å². The van der Waals surface area contributed by atoms with Gasteiger partial charge >= 0.3 is 6.18 Å². The minimum atomic E-state index is -4.65. The minimum absolute atomic E-state index is 0.189. The first-order valence-electron chi connectivity index (χ1n) is 9.16. The maximum absolute atomic E-state index is 13.3. The van der Waals surface area contributed by atoms with E-state index in [9.17, 15) is 22.4 Å². The number of nitrogens with zero attached hydrogens (tertiary/aromatic N) is 3. The molecule has 158 valence electrons. The number of hydrogen-bond acceptors (Lipinski definition) is 4. The maximum Gasteiger partial charge on any atom is 0.417 e. The van der Waals surface area contributed by atoms with Gasteiger partial charge in [-0.15, -0.1) is 0 Å². The molecule has 1 amide bonds. The zero-order valence-electron chi connectivity index (χ0n) is 16.1. The van der Waals surface area contributed by atoms with Crippen LogP contribution in [0.25, 0.3) is 0 Å². The van der Waals surface area contributed by atoms with Crippen LogP contribution < -0.4 is 4.90 Å². The number of benzene rings is 2. The van der Waals surface area contributed by atoms with Gasteiger partial charge in [0.1, 0.15) is 5.82 Å². The van der Waals surface area contributed by atoms with E-state index in [1.54, 1.807) is 15.9 Å². The summed E-state index contributed by atoms with van der Waals surface area (Å²) in [6.45, 7) is 0.974. The molecule has 30 heavy (non-hydrogen) atoms. The third-order valence-corrected chi connectivity index (χ3v) is 4.98. The fraction of sp³-hybridized carbons (Fsp3) is 0.333. The van der Waals surface area contributed by atoms with E-state index < -0.39 is 23.1 Å². The summed E-state index contributed by atoms with van der Waals surface area (Å²) in [5.74, 6) is -0.735. The summed E-state index contributed by atoms with van der Waals surface area (Å²) in [6, 6.07) is 9.95. The Morgan fingerprint density at radius 2 is 1.90 bits per heavy atom. The first-order valence-corrected chi connectivity index (χ1v) is 9.16. The van der Waals surface area contributed by atoms with E-state index in [0.29, 0.717) is 11.3 Å². The van der Waals surface area contributed by atoms with Gasteiger partial charge in [0.15, 0.2) is 0 Å². The summed E-state index contributed by atoms with van der Waals surface area (Å²) in [6.07, 6.45) is -4.65. The van der Waals surface area contributed by atoms with E-state index in [-0.39, 0.29) is 38.2 Å². The molecule has 3 rings (SSSR count). The van der Waals surface area contributed by atoms with Crippen LogP contribution in [0.5, 0.6) is 0 Å². The predicted molar refractivity (Wildman–Crippen MR) is 101 cm³/mol. The number of piperazine rings is 1. The van der Waals surface area contributed by atoms with Crippen molar-refractivity contribution >= 4 is 11.6 Å². The number of hydrogen-bond donors (Lipinski definition) is 0. The lowest BCUT2D eigenvalue weighted by molar-refractivity contribution is -0.137. The number of carbonyl (C=O) groups excluding carboxylic acids is 1. The van der Waals surface area contributed by atoms with Crippen LogP contribution in [0.4, 0.5) is 23.2 Å². The number of nitriles is 1. The Labute approximate surface area is 171 Å². The summed E-state index contributed by atoms with van der Waals surface area (Å²) < 4.78 is 58.4. The molecule has 2 aromatic rings. The monoisotopic (exact) mass is 421 g/mol. The van der Waals surface area contributed by atoms with Crippen LogP contribution in [0.3, 0.4) is 0 Å². The molecule has 0 saturated carbocycles. The van der Waals surface area contributed by atoms with Crippen LogP contribution >= 0.6 is 0 Å². The number of carbonyl (C=O) groups is 1. The normalized spacial score (nSPS) is 17.0. The number of alkyl halides is 3. The van der Waals surface area contributed by atoms with Gasteiger partial charge in [-0.3, -0.25) is 4.79 Å². The molecule has 0 radical (unpaired) electrons. The van der Waals surface area contributed by atoms with Crippen LogP contribution in [0.1, 0.15) is 21.5 Å². The number of methoxy groups -OCH3 is 1. The second kappa shape index (κ2) is 8.71. The van der Waals surface area contributed by atoms with Crippen LogP contribution in [-0.2, 0) is 10.9 Å². The summed E-state index contributed by atoms with van der Waals surface area (Å²) in [4.78, 5) is 16.0. The average molecular weight is 421 g/mol. The summed E-state index contributed by atoms with van der Waals surface area (Å²) in [5, 5.41) is 8.99. The van der Waals surface area contributed by atoms with Gasteiger partial charge < -0.3 is 14.5 Å². The standard InChI is InChI=1S/C21H19F4N3O2/c1-30-13-18-12-27(20(29)14-2-5-16(22)6-3-14)8-9-28(18)17-7-4-15(11-26)19(10-17)21(23,24)25/h2-7,10,18H,8-9,12-13H2,1H3. The lowest BCUT2D eigenvalue weighted by atomic mass is 10.0. The number of anilines is 1. The van der Waals surface area contributed by atoms with Gasteiger partial charge in [-0.2, -0.15) is 18.4 Å². The Balaban J connectivity index is 1.85. The molecule has 2 aromatic carbocycles. The Morgan fingerprint density at radius 3 is 2.50 bits per heavy atom. The number of amides is 1. The molecule has 1 atom stereocenters. The molecule has 1 unspecified atom stereocenters. The van der Waals surface area contributed by atoms with Gasteiger partial charge in [0.25, 0.3) is 5.91 Å². The fourth-order valence-corrected chi connectivity index (χ4v) is 3.53. The molecule has 1 saturated heterocycles. The Hall–Kier alpha value is -3.12. The highest BCUT2D eigenvalue weighted by Crippen LogP contribution is 2.35. The average Bonchev–Trinajstić information content (AvgIpc) is 2.73. The molecule has 1 fully saturated rings. The van der Waals surface area contributed by atoms with Gasteiger partial charge in [0, 0.05) is 38.0 Å². The van der Waals surface area contributed by atoms with Crippen molar-refractivity contribution in [3.05, 3.63) is 65.0 Å². The molecule has 0 aromatic heterocycles. The fourth-order valence-electron chi connectivity index (χ4n) is 3.53. The van der Waals surface area contributed by atoms with E-state index in [4.69, 9.17) is 10.00 Å². The molecule has 1 heterocycles. The highest BCUT2D eigenvalue weighted by molar-refractivity contribution is 5.94. The first kappa shape index (κ1) is 21.6. The van der Waals surface area contributed by atoms with Crippen molar-refractivity contribution in [3.63, 3.8) is 0 Å². The van der Waals surface area contributed by atoms with Crippen LogP contribution in [0.2, 0.25) is 0 Å². The zero-order chi connectivity index (χ0) is 21.9. The lowest BCUT2D eigenvalue weighted by Crippen LogP contribution is -2.56. The van der Waals surface area contributed by atoms with E-state index in [2.05, 4.69) is 0 Å². The largest absolute Gasteiger partial charge is 0.417 e. The second-order valence-electron chi connectivity index (χ2n) is 6.90. The van der Waals surface area contributed by atoms with E-state index in [1.807, 2.05) is 0 Å². The summed E-state index contributed by atoms with van der Waals surface area (Å²) in [7, 11) is 1.47. The van der Waals surface area contributed by atoms with Gasteiger partial charge in [-0.1, -0.05) is 0 Å². The SMILES string of the molecule is COCC1CN(C(=O)c2ccc(F)cc2)CCN1c1ccc(C#N)c(C(F)(F)F)c1. The molecule has 0 N–H and O–H groups in total. The van der Waals surface area contributed by atoms with E-state index in [1.165, 1.54) is 37.4 Å². The van der Waals surface area contributed by atoms with Crippen LogP contribution in [0, 0.1) is 17.1 Å². The van der Waals surface area contributed by atoms with E-state index in [0.717, 1.165) is 12.1 Å². The van der Waals surface area contributed by atoms with Crippen molar-refractivity contribution in [1.29, 1.82) is 5.26 Å². The van der Waals surface area contributed by atoms with Crippen molar-refractivity contribution in [2.24, 2.45) is 0 Å². The smallest absolute Gasteiger partial charge is 0.382 e. The van der Waals surface area contributed by atoms with Crippen LogP contribution in [-0.4, -0.2) is 50.2 Å². The van der Waals surface area contributed by atoms with Gasteiger partial charge in [-0.25, -0.2) is 4.39 Å². The zero-order valence-corrected chi connectivity index (χ0v) is 16.1. The van der Waals surface area contributed by atoms with Crippen molar-refractivity contribution in [2.45, 2.75) is 12.2 Å². The first-order chi connectivity index (χ1) is 14.2. The third-order valence-electron chi connectivity index (χ3n) is 4.98. The van der Waals surface area contributed by atoms with Gasteiger partial charge in [0.2, 0.25) is 0 Å². The maximum atomic E-state index is 13.3. The number of halogens is 4. The molecule has 0 spiro atoms. The van der Waals surface area contributed by atoms with Crippen molar-refractivity contribution in [2.75, 3.05) is 38.3 Å². The Bertz CT molecular complexity index is 954. The molecule has 1 aliphatic rings.